The van der Waals surface area contributed by atoms with Gasteiger partial charge in [0.2, 0.25) is 0 Å². The van der Waals surface area contributed by atoms with Gasteiger partial charge in [-0.1, -0.05) is 13.8 Å². The Morgan fingerprint density at radius 2 is 1.89 bits per heavy atom. The van der Waals surface area contributed by atoms with E-state index in [1.807, 2.05) is 0 Å². The second-order valence-corrected chi connectivity index (χ2v) is 4.65. The molecule has 0 amide bonds. The molecule has 94 valence electrons. The van der Waals surface area contributed by atoms with E-state index in [4.69, 9.17) is 0 Å². The lowest BCUT2D eigenvalue weighted by molar-refractivity contribution is 0.624. The van der Waals surface area contributed by atoms with Gasteiger partial charge in [-0.05, 0) is 42.7 Å². The van der Waals surface area contributed by atoms with Crippen molar-refractivity contribution in [3.8, 4) is 5.69 Å². The van der Waals surface area contributed by atoms with Crippen LogP contribution in [0.3, 0.4) is 0 Å². The number of hydrogen-bond donors (Lipinski definition) is 0. The van der Waals surface area contributed by atoms with E-state index >= 15 is 0 Å². The smallest absolute Gasteiger partial charge is 0.267 e. The van der Waals surface area contributed by atoms with Gasteiger partial charge in [-0.3, -0.25) is 4.79 Å². The van der Waals surface area contributed by atoms with Crippen LogP contribution in [0.2, 0.25) is 0 Å². The van der Waals surface area contributed by atoms with E-state index in [2.05, 4.69) is 18.9 Å². The Labute approximate surface area is 105 Å². The van der Waals surface area contributed by atoms with Crippen LogP contribution in [0.25, 0.3) is 5.69 Å². The van der Waals surface area contributed by atoms with Gasteiger partial charge in [0, 0.05) is 11.8 Å². The van der Waals surface area contributed by atoms with Gasteiger partial charge in [0.15, 0.2) is 0 Å². The molecular weight excluding hydrogens is 231 g/mol. The number of nitrogens with zero attached hydrogens (tertiary/aromatic N) is 2. The third-order valence-corrected chi connectivity index (χ3v) is 2.62. The summed E-state index contributed by atoms with van der Waals surface area (Å²) in [6, 6.07) is 7.46. The minimum Gasteiger partial charge on any atom is -0.267 e. The van der Waals surface area contributed by atoms with Crippen molar-refractivity contribution in [2.45, 2.75) is 20.3 Å². The van der Waals surface area contributed by atoms with Gasteiger partial charge in [0.05, 0.1) is 5.69 Å². The fourth-order valence-corrected chi connectivity index (χ4v) is 1.81. The molecule has 0 aliphatic carbocycles. The van der Waals surface area contributed by atoms with Crippen LogP contribution < -0.4 is 5.56 Å². The molecule has 0 atom stereocenters. The Morgan fingerprint density at radius 3 is 2.50 bits per heavy atom. The van der Waals surface area contributed by atoms with Crippen molar-refractivity contribution in [3.05, 3.63) is 58.3 Å². The van der Waals surface area contributed by atoms with Gasteiger partial charge in [-0.2, -0.15) is 9.78 Å². The molecule has 0 saturated heterocycles. The molecule has 0 N–H and O–H groups in total. The van der Waals surface area contributed by atoms with Gasteiger partial charge in [-0.25, -0.2) is 4.39 Å². The second kappa shape index (κ2) is 5.12. The van der Waals surface area contributed by atoms with Crippen LogP contribution in [-0.4, -0.2) is 9.78 Å². The monoisotopic (exact) mass is 246 g/mol. The molecule has 0 bridgehead atoms. The molecule has 0 aliphatic heterocycles. The molecule has 1 aromatic heterocycles. The summed E-state index contributed by atoms with van der Waals surface area (Å²) in [6.07, 6.45) is 2.31. The molecule has 0 unspecified atom stereocenters. The van der Waals surface area contributed by atoms with Gasteiger partial charge in [0.1, 0.15) is 5.82 Å². The minimum absolute atomic E-state index is 0.141. The Morgan fingerprint density at radius 1 is 1.22 bits per heavy atom. The number of halogens is 1. The molecule has 18 heavy (non-hydrogen) atoms. The average Bonchev–Trinajstić information content (AvgIpc) is 2.33. The fourth-order valence-electron chi connectivity index (χ4n) is 1.81. The van der Waals surface area contributed by atoms with Gasteiger partial charge >= 0.3 is 0 Å². The van der Waals surface area contributed by atoms with Crippen LogP contribution in [0.15, 0.2) is 41.3 Å². The first-order valence-corrected chi connectivity index (χ1v) is 5.91. The zero-order chi connectivity index (χ0) is 13.1. The number of benzene rings is 1. The van der Waals surface area contributed by atoms with Gasteiger partial charge in [0.25, 0.3) is 5.56 Å². The zero-order valence-corrected chi connectivity index (χ0v) is 10.4. The zero-order valence-electron chi connectivity index (χ0n) is 10.4. The summed E-state index contributed by atoms with van der Waals surface area (Å²) < 4.78 is 14.1. The van der Waals surface area contributed by atoms with E-state index in [9.17, 15) is 9.18 Å². The highest BCUT2D eigenvalue weighted by atomic mass is 19.1. The van der Waals surface area contributed by atoms with Crippen molar-refractivity contribution in [1.82, 2.24) is 9.78 Å². The Kier molecular flexibility index (Phi) is 3.55. The van der Waals surface area contributed by atoms with Crippen molar-refractivity contribution in [2.75, 3.05) is 0 Å². The fraction of sp³-hybridized carbons (Fsp3) is 0.286. The van der Waals surface area contributed by atoms with E-state index in [1.165, 1.54) is 16.8 Å². The summed E-state index contributed by atoms with van der Waals surface area (Å²) in [5, 5.41) is 4.03. The number of aromatic nitrogens is 2. The summed E-state index contributed by atoms with van der Waals surface area (Å²) in [7, 11) is 0. The molecule has 0 aliphatic rings. The first kappa shape index (κ1) is 12.5. The topological polar surface area (TPSA) is 34.9 Å². The Bertz CT molecular complexity index is 587. The van der Waals surface area contributed by atoms with Crippen LogP contribution >= 0.6 is 0 Å². The highest BCUT2D eigenvalue weighted by molar-refractivity contribution is 5.31. The predicted molar refractivity (Wildman–Crippen MR) is 68.3 cm³/mol. The van der Waals surface area contributed by atoms with Crippen LogP contribution in [-0.2, 0) is 6.42 Å². The molecule has 4 heteroatoms. The summed E-state index contributed by atoms with van der Waals surface area (Å²) in [4.78, 5) is 12.2. The molecule has 2 rings (SSSR count). The molecule has 0 saturated carbocycles. The molecule has 1 heterocycles. The number of rotatable bonds is 3. The van der Waals surface area contributed by atoms with E-state index in [-0.39, 0.29) is 11.4 Å². The Hall–Kier alpha value is -1.97. The molecule has 3 nitrogen and oxygen atoms in total. The van der Waals surface area contributed by atoms with Crippen LogP contribution in [0.4, 0.5) is 4.39 Å². The van der Waals surface area contributed by atoms with Crippen LogP contribution in [0.1, 0.15) is 19.4 Å². The minimum atomic E-state index is -0.329. The average molecular weight is 246 g/mol. The van der Waals surface area contributed by atoms with Crippen molar-refractivity contribution < 1.29 is 4.39 Å². The number of hydrogen-bond acceptors (Lipinski definition) is 2. The molecule has 0 fully saturated rings. The predicted octanol–water partition coefficient (Wildman–Crippen LogP) is 2.57. The van der Waals surface area contributed by atoms with Crippen molar-refractivity contribution in [2.24, 2.45) is 5.92 Å². The lowest BCUT2D eigenvalue weighted by Gasteiger charge is -2.08. The molecule has 0 radical (unpaired) electrons. The summed E-state index contributed by atoms with van der Waals surface area (Å²) in [5.74, 6) is 0.0758. The van der Waals surface area contributed by atoms with Gasteiger partial charge in [-0.15, -0.1) is 0 Å². The largest absolute Gasteiger partial charge is 0.274 e. The summed E-state index contributed by atoms with van der Waals surface area (Å²) >= 11 is 0. The lowest BCUT2D eigenvalue weighted by atomic mass is 10.1. The van der Waals surface area contributed by atoms with Crippen LogP contribution in [0.5, 0.6) is 0 Å². The SMILES string of the molecule is CC(C)Cc1ccnn(-c2ccc(F)cc2)c1=O. The molecule has 0 spiro atoms. The first-order chi connectivity index (χ1) is 8.58. The lowest BCUT2D eigenvalue weighted by Crippen LogP contribution is -2.25. The van der Waals surface area contributed by atoms with Crippen molar-refractivity contribution >= 4 is 0 Å². The highest BCUT2D eigenvalue weighted by Crippen LogP contribution is 2.07. The van der Waals surface area contributed by atoms with Gasteiger partial charge < -0.3 is 0 Å². The third kappa shape index (κ3) is 2.64. The maximum Gasteiger partial charge on any atom is 0.274 e. The second-order valence-electron chi connectivity index (χ2n) is 4.65. The molecular formula is C14H15FN2O. The third-order valence-electron chi connectivity index (χ3n) is 2.62. The summed E-state index contributed by atoms with van der Waals surface area (Å²) in [6.45, 7) is 4.12. The van der Waals surface area contributed by atoms with Crippen molar-refractivity contribution in [1.29, 1.82) is 0 Å². The van der Waals surface area contributed by atoms with E-state index in [0.717, 1.165) is 5.56 Å². The van der Waals surface area contributed by atoms with E-state index < -0.39 is 0 Å². The Balaban J connectivity index is 2.46. The maximum atomic E-state index is 12.8. The normalized spacial score (nSPS) is 10.9. The van der Waals surface area contributed by atoms with E-state index in [1.54, 1.807) is 24.4 Å². The first-order valence-electron chi connectivity index (χ1n) is 5.91. The maximum absolute atomic E-state index is 12.8. The molecule has 2 aromatic rings. The standard InChI is InChI=1S/C14H15FN2O/c1-10(2)9-11-7-8-16-17(14(11)18)13-5-3-12(15)4-6-13/h3-8,10H,9H2,1-2H3. The van der Waals surface area contributed by atoms with Crippen LogP contribution in [0, 0.1) is 11.7 Å². The summed E-state index contributed by atoms with van der Waals surface area (Å²) in [5.41, 5.74) is 1.16. The molecule has 1 aromatic carbocycles. The highest BCUT2D eigenvalue weighted by Gasteiger charge is 2.07. The van der Waals surface area contributed by atoms with Crippen molar-refractivity contribution in [3.63, 3.8) is 0 Å². The quantitative estimate of drug-likeness (QED) is 0.834. The van der Waals surface area contributed by atoms with E-state index in [0.29, 0.717) is 18.0 Å².